The second kappa shape index (κ2) is 6.12. The zero-order chi connectivity index (χ0) is 8.69. The summed E-state index contributed by atoms with van der Waals surface area (Å²) in [6, 6.07) is 0.0833. The molecule has 0 aliphatic heterocycles. The van der Waals surface area contributed by atoms with E-state index in [0.717, 1.165) is 13.0 Å². The lowest BCUT2D eigenvalue weighted by atomic mass is 10.1. The molecule has 11 heavy (non-hydrogen) atoms. The molecule has 0 spiro atoms. The molecule has 0 aliphatic rings. The van der Waals surface area contributed by atoms with Crippen molar-refractivity contribution in [1.82, 2.24) is 10.6 Å². The number of carbonyl (C=O) groups is 1. The summed E-state index contributed by atoms with van der Waals surface area (Å²) in [5.41, 5.74) is 0. The summed E-state index contributed by atoms with van der Waals surface area (Å²) in [5.74, 6) is -0.750. The standard InChI is InChI=1S/C7H16N2O2/c1-8-4-3-6(9-2)5-7(10)11/h6,8-9H,3-5H2,1-2H3,(H,10,11). The summed E-state index contributed by atoms with van der Waals surface area (Å²) >= 11 is 0. The van der Waals surface area contributed by atoms with Crippen LogP contribution in [-0.2, 0) is 4.79 Å². The second-order valence-corrected chi connectivity index (χ2v) is 2.48. The zero-order valence-corrected chi connectivity index (χ0v) is 7.05. The highest BCUT2D eigenvalue weighted by Crippen LogP contribution is 1.95. The van der Waals surface area contributed by atoms with Crippen LogP contribution in [0.1, 0.15) is 12.8 Å². The summed E-state index contributed by atoms with van der Waals surface area (Å²) in [6.07, 6.45) is 1.04. The Morgan fingerprint density at radius 3 is 2.55 bits per heavy atom. The van der Waals surface area contributed by atoms with Gasteiger partial charge in [0.25, 0.3) is 0 Å². The van der Waals surface area contributed by atoms with Crippen molar-refractivity contribution in [3.05, 3.63) is 0 Å². The van der Waals surface area contributed by atoms with E-state index >= 15 is 0 Å². The molecule has 0 aliphatic carbocycles. The highest BCUT2D eigenvalue weighted by atomic mass is 16.4. The Morgan fingerprint density at radius 1 is 1.55 bits per heavy atom. The third kappa shape index (κ3) is 5.82. The first kappa shape index (κ1) is 10.4. The number of hydrogen-bond donors (Lipinski definition) is 3. The van der Waals surface area contributed by atoms with Gasteiger partial charge >= 0.3 is 5.97 Å². The van der Waals surface area contributed by atoms with Gasteiger partial charge in [-0.15, -0.1) is 0 Å². The van der Waals surface area contributed by atoms with Crippen LogP contribution in [-0.4, -0.2) is 37.8 Å². The molecule has 0 aromatic carbocycles. The summed E-state index contributed by atoms with van der Waals surface area (Å²) in [5, 5.41) is 14.4. The van der Waals surface area contributed by atoms with Gasteiger partial charge in [-0.05, 0) is 27.1 Å². The average Bonchev–Trinajstić information content (AvgIpc) is 1.97. The Balaban J connectivity index is 3.49. The number of nitrogens with one attached hydrogen (secondary N) is 2. The maximum absolute atomic E-state index is 10.3. The lowest BCUT2D eigenvalue weighted by Gasteiger charge is -2.12. The second-order valence-electron chi connectivity index (χ2n) is 2.48. The molecule has 3 N–H and O–H groups in total. The van der Waals surface area contributed by atoms with Crippen molar-refractivity contribution < 1.29 is 9.90 Å². The highest BCUT2D eigenvalue weighted by Gasteiger charge is 2.09. The van der Waals surface area contributed by atoms with Gasteiger partial charge in [0, 0.05) is 6.04 Å². The van der Waals surface area contributed by atoms with Crippen molar-refractivity contribution in [2.24, 2.45) is 0 Å². The molecular weight excluding hydrogens is 144 g/mol. The van der Waals surface area contributed by atoms with E-state index in [2.05, 4.69) is 10.6 Å². The Labute approximate surface area is 67.0 Å². The van der Waals surface area contributed by atoms with Crippen molar-refractivity contribution in [1.29, 1.82) is 0 Å². The largest absolute Gasteiger partial charge is 0.481 e. The van der Waals surface area contributed by atoms with Crippen molar-refractivity contribution in [3.8, 4) is 0 Å². The van der Waals surface area contributed by atoms with Gasteiger partial charge in [-0.3, -0.25) is 4.79 Å². The Morgan fingerprint density at radius 2 is 2.18 bits per heavy atom. The van der Waals surface area contributed by atoms with Gasteiger partial charge in [0.05, 0.1) is 6.42 Å². The molecule has 0 bridgehead atoms. The Bertz CT molecular complexity index is 117. The minimum atomic E-state index is -0.750. The maximum atomic E-state index is 10.3. The van der Waals surface area contributed by atoms with E-state index < -0.39 is 5.97 Å². The average molecular weight is 160 g/mol. The number of aliphatic carboxylic acids is 1. The highest BCUT2D eigenvalue weighted by molar-refractivity contribution is 5.67. The predicted molar refractivity (Wildman–Crippen MR) is 43.6 cm³/mol. The quantitative estimate of drug-likeness (QED) is 0.497. The fraction of sp³-hybridized carbons (Fsp3) is 0.857. The minimum absolute atomic E-state index is 0.0833. The minimum Gasteiger partial charge on any atom is -0.481 e. The van der Waals surface area contributed by atoms with E-state index in [1.807, 2.05) is 7.05 Å². The molecule has 4 nitrogen and oxygen atoms in total. The van der Waals surface area contributed by atoms with E-state index in [9.17, 15) is 4.79 Å². The van der Waals surface area contributed by atoms with Crippen LogP contribution in [0.4, 0.5) is 0 Å². The molecule has 1 unspecified atom stereocenters. The molecule has 0 aromatic rings. The van der Waals surface area contributed by atoms with Crippen molar-refractivity contribution in [2.45, 2.75) is 18.9 Å². The van der Waals surface area contributed by atoms with Crippen LogP contribution in [0, 0.1) is 0 Å². The van der Waals surface area contributed by atoms with Crippen LogP contribution >= 0.6 is 0 Å². The maximum Gasteiger partial charge on any atom is 0.304 e. The SMILES string of the molecule is CNCCC(CC(=O)O)NC. The molecule has 0 radical (unpaired) electrons. The molecule has 1 atom stereocenters. The van der Waals surface area contributed by atoms with Gasteiger partial charge in [0.15, 0.2) is 0 Å². The van der Waals surface area contributed by atoms with Crippen molar-refractivity contribution >= 4 is 5.97 Å². The van der Waals surface area contributed by atoms with Gasteiger partial charge in [-0.1, -0.05) is 0 Å². The van der Waals surface area contributed by atoms with Gasteiger partial charge in [-0.2, -0.15) is 0 Å². The summed E-state index contributed by atoms with van der Waals surface area (Å²) in [7, 11) is 3.64. The van der Waals surface area contributed by atoms with E-state index in [1.165, 1.54) is 0 Å². The first-order valence-electron chi connectivity index (χ1n) is 3.74. The molecule has 0 aromatic heterocycles. The van der Waals surface area contributed by atoms with Crippen LogP contribution in [0.25, 0.3) is 0 Å². The van der Waals surface area contributed by atoms with Crippen LogP contribution in [0.15, 0.2) is 0 Å². The molecule has 0 amide bonds. The van der Waals surface area contributed by atoms with E-state index in [4.69, 9.17) is 5.11 Å². The summed E-state index contributed by atoms with van der Waals surface area (Å²) in [6.45, 7) is 0.846. The van der Waals surface area contributed by atoms with Crippen molar-refractivity contribution in [2.75, 3.05) is 20.6 Å². The molecule has 66 valence electrons. The Kier molecular flexibility index (Phi) is 5.78. The molecule has 0 saturated heterocycles. The molecule has 0 rings (SSSR count). The smallest absolute Gasteiger partial charge is 0.304 e. The number of carboxylic acids is 1. The van der Waals surface area contributed by atoms with Crippen LogP contribution in [0.5, 0.6) is 0 Å². The normalized spacial score (nSPS) is 12.9. The zero-order valence-electron chi connectivity index (χ0n) is 7.05. The first-order valence-corrected chi connectivity index (χ1v) is 3.74. The van der Waals surface area contributed by atoms with E-state index in [1.54, 1.807) is 7.05 Å². The number of hydrogen-bond acceptors (Lipinski definition) is 3. The lowest BCUT2D eigenvalue weighted by molar-refractivity contribution is -0.137. The summed E-state index contributed by atoms with van der Waals surface area (Å²) < 4.78 is 0. The van der Waals surface area contributed by atoms with E-state index in [0.29, 0.717) is 0 Å². The summed E-state index contributed by atoms with van der Waals surface area (Å²) in [4.78, 5) is 10.3. The predicted octanol–water partition coefficient (Wildman–Crippen LogP) is -0.341. The third-order valence-electron chi connectivity index (χ3n) is 1.57. The third-order valence-corrected chi connectivity index (χ3v) is 1.57. The monoisotopic (exact) mass is 160 g/mol. The first-order chi connectivity index (χ1) is 5.20. The molecule has 0 saturated carbocycles. The molecule has 0 heterocycles. The lowest BCUT2D eigenvalue weighted by Crippen LogP contribution is -2.31. The van der Waals surface area contributed by atoms with Crippen molar-refractivity contribution in [3.63, 3.8) is 0 Å². The number of carboxylic acid groups (broad SMARTS) is 1. The molecular formula is C7H16N2O2. The Hall–Kier alpha value is -0.610. The van der Waals surface area contributed by atoms with Gasteiger partial charge < -0.3 is 15.7 Å². The fourth-order valence-corrected chi connectivity index (χ4v) is 0.878. The van der Waals surface area contributed by atoms with Crippen LogP contribution < -0.4 is 10.6 Å². The number of rotatable bonds is 6. The molecule has 4 heteroatoms. The topological polar surface area (TPSA) is 61.4 Å². The van der Waals surface area contributed by atoms with Crippen LogP contribution in [0.3, 0.4) is 0 Å². The van der Waals surface area contributed by atoms with Gasteiger partial charge in [0.2, 0.25) is 0 Å². The van der Waals surface area contributed by atoms with Gasteiger partial charge in [0.1, 0.15) is 0 Å². The fourth-order valence-electron chi connectivity index (χ4n) is 0.878. The molecule has 0 fully saturated rings. The van der Waals surface area contributed by atoms with Crippen LogP contribution in [0.2, 0.25) is 0 Å². The van der Waals surface area contributed by atoms with E-state index in [-0.39, 0.29) is 12.5 Å². The van der Waals surface area contributed by atoms with Gasteiger partial charge in [-0.25, -0.2) is 0 Å².